The molecule has 1 heterocycles. The molecule has 0 radical (unpaired) electrons. The summed E-state index contributed by atoms with van der Waals surface area (Å²) in [5.41, 5.74) is 3.07. The molecule has 0 unspecified atom stereocenters. The van der Waals surface area contributed by atoms with Crippen molar-refractivity contribution in [2.45, 2.75) is 19.5 Å². The number of hydrogen-bond acceptors (Lipinski definition) is 7. The topological polar surface area (TPSA) is 84.8 Å². The van der Waals surface area contributed by atoms with Gasteiger partial charge in [-0.05, 0) is 48.9 Å². The summed E-state index contributed by atoms with van der Waals surface area (Å²) in [7, 11) is 0. The summed E-state index contributed by atoms with van der Waals surface area (Å²) in [5, 5.41) is 8.80. The summed E-state index contributed by atoms with van der Waals surface area (Å²) < 4.78 is 49.7. The second kappa shape index (κ2) is 12.0. The van der Waals surface area contributed by atoms with E-state index < -0.39 is 17.6 Å². The maximum atomic E-state index is 12.9. The molecule has 184 valence electrons. The van der Waals surface area contributed by atoms with E-state index in [9.17, 15) is 18.0 Å². The average Bonchev–Trinajstić information content (AvgIpc) is 3.24. The van der Waals surface area contributed by atoms with E-state index in [-0.39, 0.29) is 12.1 Å². The van der Waals surface area contributed by atoms with E-state index in [2.05, 4.69) is 27.4 Å². The number of rotatable bonds is 11. The van der Waals surface area contributed by atoms with Gasteiger partial charge in [-0.15, -0.1) is 11.3 Å². The van der Waals surface area contributed by atoms with E-state index in [0.717, 1.165) is 12.1 Å². The number of benzene rings is 2. The Morgan fingerprint density at radius 1 is 1.20 bits per heavy atom. The van der Waals surface area contributed by atoms with Gasteiger partial charge in [0, 0.05) is 11.1 Å². The standard InChI is InChI=1S/C24H23F3N4O3S/c1-3-10-34-20-9-8-16(11-21(20)33-4-2)14-28-31-22(32)13-19-15-35-23(30-19)29-18-7-5-6-17(12-18)24(25,26)27/h3,5-9,11-12,14-15H,1,4,10,13H2,2H3,(H,29,30)(H,31,32)/b28-14-. The Bertz CT molecular complexity index is 1190. The smallest absolute Gasteiger partial charge is 0.416 e. The zero-order valence-corrected chi connectivity index (χ0v) is 19.6. The van der Waals surface area contributed by atoms with Gasteiger partial charge in [0.1, 0.15) is 6.61 Å². The molecular weight excluding hydrogens is 481 g/mol. The molecule has 0 atom stereocenters. The van der Waals surface area contributed by atoms with Crippen LogP contribution in [-0.4, -0.2) is 30.3 Å². The predicted molar refractivity (Wildman–Crippen MR) is 130 cm³/mol. The second-order valence-corrected chi connectivity index (χ2v) is 7.91. The first kappa shape index (κ1) is 25.8. The van der Waals surface area contributed by atoms with Crippen molar-refractivity contribution in [3.05, 3.63) is 77.3 Å². The van der Waals surface area contributed by atoms with Crippen molar-refractivity contribution in [3.63, 3.8) is 0 Å². The molecule has 3 rings (SSSR count). The number of anilines is 2. The third-order valence-electron chi connectivity index (χ3n) is 4.36. The van der Waals surface area contributed by atoms with E-state index >= 15 is 0 Å². The Morgan fingerprint density at radius 2 is 2.03 bits per heavy atom. The molecule has 35 heavy (non-hydrogen) atoms. The highest BCUT2D eigenvalue weighted by Gasteiger charge is 2.30. The van der Waals surface area contributed by atoms with E-state index in [1.54, 1.807) is 29.7 Å². The SMILES string of the molecule is C=CCOc1ccc(/C=N\NC(=O)Cc2csc(Nc3cccc(C(F)(F)F)c3)n2)cc1OCC. The third-order valence-corrected chi connectivity index (χ3v) is 5.17. The predicted octanol–water partition coefficient (Wildman–Crippen LogP) is 5.56. The van der Waals surface area contributed by atoms with Crippen LogP contribution >= 0.6 is 11.3 Å². The molecule has 3 aromatic rings. The van der Waals surface area contributed by atoms with Crippen LogP contribution in [0.1, 0.15) is 23.7 Å². The summed E-state index contributed by atoms with van der Waals surface area (Å²) in [6.45, 7) is 6.28. The summed E-state index contributed by atoms with van der Waals surface area (Å²) in [4.78, 5) is 16.5. The molecular formula is C24H23F3N4O3S. The van der Waals surface area contributed by atoms with Gasteiger partial charge in [0.05, 0.1) is 30.5 Å². The summed E-state index contributed by atoms with van der Waals surface area (Å²) >= 11 is 1.18. The normalized spacial score (nSPS) is 11.3. The largest absolute Gasteiger partial charge is 0.490 e. The Kier molecular flexibility index (Phi) is 8.85. The van der Waals surface area contributed by atoms with Crippen molar-refractivity contribution in [3.8, 4) is 11.5 Å². The van der Waals surface area contributed by atoms with Crippen LogP contribution in [0.5, 0.6) is 11.5 Å². The molecule has 7 nitrogen and oxygen atoms in total. The van der Waals surface area contributed by atoms with Gasteiger partial charge in [0.2, 0.25) is 5.91 Å². The summed E-state index contributed by atoms with van der Waals surface area (Å²) in [5.74, 6) is 0.729. The van der Waals surface area contributed by atoms with Crippen molar-refractivity contribution in [2.75, 3.05) is 18.5 Å². The number of nitrogens with one attached hydrogen (secondary N) is 2. The third kappa shape index (κ3) is 7.85. The van der Waals surface area contributed by atoms with Crippen LogP contribution in [0.4, 0.5) is 24.0 Å². The van der Waals surface area contributed by atoms with Gasteiger partial charge >= 0.3 is 6.18 Å². The molecule has 1 aromatic heterocycles. The van der Waals surface area contributed by atoms with Crippen LogP contribution < -0.4 is 20.2 Å². The zero-order chi connectivity index (χ0) is 25.3. The van der Waals surface area contributed by atoms with Crippen molar-refractivity contribution in [2.24, 2.45) is 5.10 Å². The van der Waals surface area contributed by atoms with E-state index in [0.29, 0.717) is 41.1 Å². The lowest BCUT2D eigenvalue weighted by atomic mass is 10.2. The quantitative estimate of drug-likeness (QED) is 0.203. The zero-order valence-electron chi connectivity index (χ0n) is 18.8. The van der Waals surface area contributed by atoms with E-state index in [4.69, 9.17) is 9.47 Å². The molecule has 0 saturated carbocycles. The summed E-state index contributed by atoms with van der Waals surface area (Å²) in [6.07, 6.45) is -1.38. The fourth-order valence-corrected chi connectivity index (χ4v) is 3.60. The van der Waals surface area contributed by atoms with Crippen LogP contribution in [0.2, 0.25) is 0 Å². The molecule has 0 aliphatic heterocycles. The van der Waals surface area contributed by atoms with E-state index in [1.807, 2.05) is 6.92 Å². The number of carbonyl (C=O) groups excluding carboxylic acids is 1. The molecule has 1 amide bonds. The van der Waals surface area contributed by atoms with Crippen molar-refractivity contribution in [1.82, 2.24) is 10.4 Å². The fourth-order valence-electron chi connectivity index (χ4n) is 2.87. The molecule has 2 N–H and O–H groups in total. The minimum atomic E-state index is -4.43. The van der Waals surface area contributed by atoms with Crippen LogP contribution in [-0.2, 0) is 17.4 Å². The minimum absolute atomic E-state index is 0.0450. The molecule has 0 fully saturated rings. The van der Waals surface area contributed by atoms with Gasteiger partial charge in [-0.25, -0.2) is 10.4 Å². The first-order chi connectivity index (χ1) is 16.8. The van der Waals surface area contributed by atoms with Gasteiger partial charge in [0.15, 0.2) is 16.6 Å². The van der Waals surface area contributed by atoms with Crippen molar-refractivity contribution < 1.29 is 27.4 Å². The van der Waals surface area contributed by atoms with Gasteiger partial charge in [-0.1, -0.05) is 18.7 Å². The monoisotopic (exact) mass is 504 g/mol. The molecule has 0 saturated heterocycles. The maximum absolute atomic E-state index is 12.9. The lowest BCUT2D eigenvalue weighted by molar-refractivity contribution is -0.137. The Labute approximate surface area is 204 Å². The molecule has 0 aliphatic rings. The van der Waals surface area contributed by atoms with Crippen molar-refractivity contribution >= 4 is 34.3 Å². The van der Waals surface area contributed by atoms with Gasteiger partial charge in [-0.3, -0.25) is 4.79 Å². The number of hydrazone groups is 1. The second-order valence-electron chi connectivity index (χ2n) is 7.06. The molecule has 0 aliphatic carbocycles. The first-order valence-electron chi connectivity index (χ1n) is 10.5. The maximum Gasteiger partial charge on any atom is 0.416 e. The number of hydrogen-bond donors (Lipinski definition) is 2. The Balaban J connectivity index is 1.55. The van der Waals surface area contributed by atoms with Crippen LogP contribution in [0.15, 0.2) is 65.6 Å². The first-order valence-corrected chi connectivity index (χ1v) is 11.4. The molecule has 0 bridgehead atoms. The minimum Gasteiger partial charge on any atom is -0.490 e. The number of halogens is 3. The number of alkyl halides is 3. The van der Waals surface area contributed by atoms with Gasteiger partial charge in [0.25, 0.3) is 0 Å². The summed E-state index contributed by atoms with van der Waals surface area (Å²) in [6, 6.07) is 10.1. The van der Waals surface area contributed by atoms with Gasteiger partial charge in [-0.2, -0.15) is 18.3 Å². The van der Waals surface area contributed by atoms with Crippen molar-refractivity contribution in [1.29, 1.82) is 0 Å². The van der Waals surface area contributed by atoms with Crippen LogP contribution in [0, 0.1) is 0 Å². The fraction of sp³-hybridized carbons (Fsp3) is 0.208. The number of amides is 1. The molecule has 2 aromatic carbocycles. The van der Waals surface area contributed by atoms with Gasteiger partial charge < -0.3 is 14.8 Å². The number of thiazole rings is 1. The lowest BCUT2D eigenvalue weighted by Crippen LogP contribution is -2.19. The highest BCUT2D eigenvalue weighted by molar-refractivity contribution is 7.13. The Hall–Kier alpha value is -3.86. The average molecular weight is 505 g/mol. The number of nitrogens with zero attached hydrogens (tertiary/aromatic N) is 2. The molecule has 11 heteroatoms. The lowest BCUT2D eigenvalue weighted by Gasteiger charge is -2.11. The molecule has 0 spiro atoms. The Morgan fingerprint density at radius 3 is 2.77 bits per heavy atom. The highest BCUT2D eigenvalue weighted by Crippen LogP contribution is 2.32. The van der Waals surface area contributed by atoms with E-state index in [1.165, 1.54) is 29.7 Å². The number of ether oxygens (including phenoxy) is 2. The highest BCUT2D eigenvalue weighted by atomic mass is 32.1. The van der Waals surface area contributed by atoms with Crippen LogP contribution in [0.3, 0.4) is 0 Å². The number of aromatic nitrogens is 1. The van der Waals surface area contributed by atoms with Crippen LogP contribution in [0.25, 0.3) is 0 Å². The number of carbonyl (C=O) groups is 1.